The van der Waals surface area contributed by atoms with E-state index in [0.717, 1.165) is 42.4 Å². The van der Waals surface area contributed by atoms with Gasteiger partial charge in [-0.15, -0.1) is 11.3 Å². The van der Waals surface area contributed by atoms with Gasteiger partial charge in [0, 0.05) is 12.1 Å². The molecule has 0 bridgehead atoms. The van der Waals surface area contributed by atoms with Gasteiger partial charge in [0.25, 0.3) is 0 Å². The highest BCUT2D eigenvalue weighted by molar-refractivity contribution is 7.89. The van der Waals surface area contributed by atoms with E-state index < -0.39 is 21.5 Å². The maximum atomic E-state index is 14.1. The molecule has 234 valence electrons. The van der Waals surface area contributed by atoms with E-state index in [1.807, 2.05) is 0 Å². The average Bonchev–Trinajstić information content (AvgIpc) is 3.55. The molecule has 1 N–H and O–H groups in total. The largest absolute Gasteiger partial charge is 0.477 e. The molecule has 1 unspecified atom stereocenters. The van der Waals surface area contributed by atoms with Crippen LogP contribution in [0.4, 0.5) is 0 Å². The van der Waals surface area contributed by atoms with Crippen molar-refractivity contribution in [2.75, 3.05) is 6.54 Å². The maximum Gasteiger partial charge on any atom is 0.347 e. The first-order valence-corrected chi connectivity index (χ1v) is 18.8. The number of aromatic carboxylic acids is 1. The lowest BCUT2D eigenvalue weighted by atomic mass is 9.33. The highest BCUT2D eigenvalue weighted by Gasteiger charge is 2.71. The second-order valence-corrected chi connectivity index (χ2v) is 19.0. The Balaban J connectivity index is 1.35. The lowest BCUT2D eigenvalue weighted by Gasteiger charge is -2.73. The SMILES string of the molecule is C=C(C)[C@@H]1CC[C@]2(CC)CC[C@]3(C)[C@H](CC[C@@H]4[C@@]5(C)CCN(S(=O)(=O)c6ccsc6C(=O)O)C(C)(C)C5CC[C@]43C)[C@@H]12. The number of thiophene rings is 1. The topological polar surface area (TPSA) is 74.7 Å². The van der Waals surface area contributed by atoms with Crippen molar-refractivity contribution < 1.29 is 18.3 Å². The molecule has 1 aliphatic heterocycles. The van der Waals surface area contributed by atoms with Crippen LogP contribution in [0, 0.1) is 51.2 Å². The average molecular weight is 616 g/mol. The molecule has 4 saturated carbocycles. The van der Waals surface area contributed by atoms with Crippen molar-refractivity contribution in [2.24, 2.45) is 51.2 Å². The Bertz CT molecular complexity index is 1400. The highest BCUT2D eigenvalue weighted by atomic mass is 32.2. The summed E-state index contributed by atoms with van der Waals surface area (Å²) in [5, 5.41) is 11.3. The maximum absolute atomic E-state index is 14.1. The summed E-state index contributed by atoms with van der Waals surface area (Å²) in [7, 11) is -3.93. The number of fused-ring (bicyclic) bond motifs is 7. The van der Waals surface area contributed by atoms with E-state index in [2.05, 4.69) is 55.0 Å². The number of hydrogen-bond acceptors (Lipinski definition) is 4. The number of carbonyl (C=O) groups is 1. The van der Waals surface area contributed by atoms with Gasteiger partial charge in [-0.1, -0.05) is 46.3 Å². The predicted octanol–water partition coefficient (Wildman–Crippen LogP) is 8.87. The van der Waals surface area contributed by atoms with Crippen LogP contribution < -0.4 is 0 Å². The Kier molecular flexibility index (Phi) is 7.09. The fraction of sp³-hybridized carbons (Fsp3) is 0.800. The van der Waals surface area contributed by atoms with Crippen LogP contribution in [-0.4, -0.2) is 35.9 Å². The van der Waals surface area contributed by atoms with E-state index in [-0.39, 0.29) is 31.9 Å². The second-order valence-electron chi connectivity index (χ2n) is 16.3. The molecule has 1 aromatic heterocycles. The molecule has 1 saturated heterocycles. The van der Waals surface area contributed by atoms with E-state index in [0.29, 0.717) is 23.8 Å². The van der Waals surface area contributed by atoms with Crippen LogP contribution in [0.25, 0.3) is 0 Å². The summed E-state index contributed by atoms with van der Waals surface area (Å²) in [5.41, 5.74) is 1.84. The number of carboxylic acids is 1. The summed E-state index contributed by atoms with van der Waals surface area (Å²) in [5.74, 6) is 1.76. The number of piperidine rings is 1. The van der Waals surface area contributed by atoms with Crippen molar-refractivity contribution in [3.05, 3.63) is 28.5 Å². The van der Waals surface area contributed by atoms with Gasteiger partial charge in [-0.2, -0.15) is 4.31 Å². The van der Waals surface area contributed by atoms with E-state index in [1.165, 1.54) is 56.6 Å². The van der Waals surface area contributed by atoms with Crippen LogP contribution in [0.1, 0.15) is 122 Å². The molecule has 7 heteroatoms. The van der Waals surface area contributed by atoms with Gasteiger partial charge in [0.15, 0.2) is 0 Å². The zero-order valence-electron chi connectivity index (χ0n) is 27.0. The highest BCUT2D eigenvalue weighted by Crippen LogP contribution is 2.77. The van der Waals surface area contributed by atoms with Crippen molar-refractivity contribution in [1.29, 1.82) is 0 Å². The fourth-order valence-electron chi connectivity index (χ4n) is 12.8. The zero-order chi connectivity index (χ0) is 30.7. The summed E-state index contributed by atoms with van der Waals surface area (Å²) >= 11 is 0.994. The third kappa shape index (κ3) is 3.80. The molecule has 0 aromatic carbocycles. The Hall–Kier alpha value is -1.18. The minimum absolute atomic E-state index is 0.0451. The molecular weight excluding hydrogens is 563 g/mol. The van der Waals surface area contributed by atoms with Crippen molar-refractivity contribution >= 4 is 27.3 Å². The first-order chi connectivity index (χ1) is 19.5. The normalized spacial score (nSPS) is 44.9. The lowest BCUT2D eigenvalue weighted by Crippen LogP contribution is -2.70. The molecule has 0 spiro atoms. The Morgan fingerprint density at radius 1 is 1.00 bits per heavy atom. The minimum atomic E-state index is -3.93. The zero-order valence-corrected chi connectivity index (χ0v) is 28.6. The molecular formula is C35H53NO4S2. The Morgan fingerprint density at radius 3 is 2.36 bits per heavy atom. The summed E-state index contributed by atoms with van der Waals surface area (Å²) in [6.07, 6.45) is 12.2. The smallest absolute Gasteiger partial charge is 0.347 e. The molecule has 6 rings (SSSR count). The van der Waals surface area contributed by atoms with Crippen LogP contribution in [-0.2, 0) is 10.0 Å². The van der Waals surface area contributed by atoms with Crippen molar-refractivity contribution in [2.45, 2.75) is 123 Å². The van der Waals surface area contributed by atoms with Gasteiger partial charge in [-0.3, -0.25) is 0 Å². The quantitative estimate of drug-likeness (QED) is 0.336. The van der Waals surface area contributed by atoms with Crippen LogP contribution in [0.15, 0.2) is 28.5 Å². The second kappa shape index (κ2) is 9.66. The first kappa shape index (κ1) is 30.8. The Labute approximate surface area is 258 Å². The van der Waals surface area contributed by atoms with Gasteiger partial charge in [0.05, 0.1) is 0 Å². The third-order valence-corrected chi connectivity index (χ3v) is 18.1. The van der Waals surface area contributed by atoms with Gasteiger partial charge >= 0.3 is 5.97 Å². The van der Waals surface area contributed by atoms with Crippen molar-refractivity contribution in [3.8, 4) is 0 Å². The number of sulfonamides is 1. The van der Waals surface area contributed by atoms with E-state index in [4.69, 9.17) is 0 Å². The van der Waals surface area contributed by atoms with Gasteiger partial charge in [-0.05, 0) is 141 Å². The summed E-state index contributed by atoms with van der Waals surface area (Å²) in [4.78, 5) is 11.8. The van der Waals surface area contributed by atoms with E-state index >= 15 is 0 Å². The van der Waals surface area contributed by atoms with Crippen molar-refractivity contribution in [1.82, 2.24) is 4.31 Å². The number of carboxylic acid groups (broad SMARTS) is 1. The van der Waals surface area contributed by atoms with E-state index in [1.54, 1.807) is 9.69 Å². The van der Waals surface area contributed by atoms with Crippen LogP contribution >= 0.6 is 11.3 Å². The number of hydrogen-bond donors (Lipinski definition) is 1. The number of allylic oxidation sites excluding steroid dienone is 1. The molecule has 5 fully saturated rings. The molecule has 4 aliphatic carbocycles. The van der Waals surface area contributed by atoms with Gasteiger partial charge in [0.1, 0.15) is 9.77 Å². The van der Waals surface area contributed by atoms with E-state index in [9.17, 15) is 18.3 Å². The monoisotopic (exact) mass is 615 g/mol. The van der Waals surface area contributed by atoms with Gasteiger partial charge in [0.2, 0.25) is 10.0 Å². The minimum Gasteiger partial charge on any atom is -0.477 e. The molecule has 0 amide bonds. The molecule has 5 nitrogen and oxygen atoms in total. The molecule has 2 heterocycles. The Morgan fingerprint density at radius 2 is 1.71 bits per heavy atom. The third-order valence-electron chi connectivity index (χ3n) is 15.0. The number of nitrogens with zero attached hydrogens (tertiary/aromatic N) is 1. The first-order valence-electron chi connectivity index (χ1n) is 16.5. The molecule has 5 aliphatic rings. The lowest BCUT2D eigenvalue weighted by molar-refractivity contribution is -0.236. The summed E-state index contributed by atoms with van der Waals surface area (Å²) < 4.78 is 29.8. The standard InChI is InChI=1S/C35H53NO4S2/c1-9-35-16-12-23(22(2)3)28(35)24-10-11-27-32(6)19-20-36(42(39,40)25-14-21-41-29(25)30(37)38)31(4,5)26(32)13-15-34(27,8)33(24,7)17-18-35/h14,21,23-24,26-28H,2,9-13,15-20H2,1,3-8H3,(H,37,38)/t23-,24+,26?,27+,28+,32-,33+,34+,35+/m0/s1. The summed E-state index contributed by atoms with van der Waals surface area (Å²) in [6, 6.07) is 1.48. The molecule has 0 radical (unpaired) electrons. The van der Waals surface area contributed by atoms with Crippen LogP contribution in [0.5, 0.6) is 0 Å². The fourth-order valence-corrected chi connectivity index (χ4v) is 15.8. The van der Waals surface area contributed by atoms with Crippen molar-refractivity contribution in [3.63, 3.8) is 0 Å². The number of rotatable bonds is 5. The van der Waals surface area contributed by atoms with Gasteiger partial charge in [-0.25, -0.2) is 13.2 Å². The summed E-state index contributed by atoms with van der Waals surface area (Å²) in [6.45, 7) is 21.7. The van der Waals surface area contributed by atoms with Crippen LogP contribution in [0.3, 0.4) is 0 Å². The van der Waals surface area contributed by atoms with Gasteiger partial charge < -0.3 is 5.11 Å². The van der Waals surface area contributed by atoms with Crippen LogP contribution in [0.2, 0.25) is 0 Å². The predicted molar refractivity (Wildman–Crippen MR) is 170 cm³/mol. The molecule has 42 heavy (non-hydrogen) atoms. The molecule has 9 atom stereocenters. The molecule has 1 aromatic rings.